The van der Waals surface area contributed by atoms with Crippen LogP contribution in [0.2, 0.25) is 0 Å². The van der Waals surface area contributed by atoms with E-state index in [2.05, 4.69) is 10.2 Å². The smallest absolute Gasteiger partial charge is 0.200 e. The molecule has 24 heavy (non-hydrogen) atoms. The lowest BCUT2D eigenvalue weighted by molar-refractivity contribution is 0.102. The molecule has 3 rings (SSSR count). The summed E-state index contributed by atoms with van der Waals surface area (Å²) in [4.78, 5) is 12.4. The fourth-order valence-corrected chi connectivity index (χ4v) is 3.18. The largest absolute Gasteiger partial charge is 0.497 e. The Morgan fingerprint density at radius 1 is 1.29 bits per heavy atom. The molecule has 124 valence electrons. The van der Waals surface area contributed by atoms with Crippen molar-refractivity contribution < 1.29 is 13.9 Å². The lowest BCUT2D eigenvalue weighted by Crippen LogP contribution is -2.05. The summed E-state index contributed by atoms with van der Waals surface area (Å²) in [6, 6.07) is 10.8. The highest BCUT2D eigenvalue weighted by Crippen LogP contribution is 2.25. The second-order valence-electron chi connectivity index (χ2n) is 4.97. The molecule has 2 aromatic heterocycles. The number of ether oxygens (including phenoxy) is 1. The third-order valence-corrected chi connectivity index (χ3v) is 4.47. The van der Waals surface area contributed by atoms with E-state index in [4.69, 9.17) is 9.15 Å². The lowest BCUT2D eigenvalue weighted by atomic mass is 10.1. The van der Waals surface area contributed by atoms with Crippen LogP contribution in [0.1, 0.15) is 17.3 Å². The van der Waals surface area contributed by atoms with Gasteiger partial charge >= 0.3 is 0 Å². The van der Waals surface area contributed by atoms with E-state index >= 15 is 0 Å². The average molecular weight is 343 g/mol. The lowest BCUT2D eigenvalue weighted by Gasteiger charge is -2.06. The molecule has 0 spiro atoms. The summed E-state index contributed by atoms with van der Waals surface area (Å²) in [6.45, 7) is 2.70. The van der Waals surface area contributed by atoms with Crippen molar-refractivity contribution in [3.63, 3.8) is 0 Å². The van der Waals surface area contributed by atoms with Crippen molar-refractivity contribution in [3.05, 3.63) is 48.2 Å². The quantitative estimate of drug-likeness (QED) is 0.483. The molecule has 2 heterocycles. The first-order chi connectivity index (χ1) is 11.7. The highest BCUT2D eigenvalue weighted by atomic mass is 32.2. The Hall–Kier alpha value is -2.54. The van der Waals surface area contributed by atoms with Crippen molar-refractivity contribution in [2.24, 2.45) is 0 Å². The Morgan fingerprint density at radius 3 is 2.88 bits per heavy atom. The van der Waals surface area contributed by atoms with Gasteiger partial charge in [-0.2, -0.15) is 0 Å². The molecule has 0 bridgehead atoms. The zero-order valence-corrected chi connectivity index (χ0v) is 14.2. The summed E-state index contributed by atoms with van der Waals surface area (Å²) in [6.07, 6.45) is 1.60. The first kappa shape index (κ1) is 16.3. The van der Waals surface area contributed by atoms with Crippen LogP contribution in [0.5, 0.6) is 5.75 Å². The highest BCUT2D eigenvalue weighted by molar-refractivity contribution is 7.99. The van der Waals surface area contributed by atoms with Crippen molar-refractivity contribution in [2.45, 2.75) is 18.6 Å². The van der Waals surface area contributed by atoms with Gasteiger partial charge in [-0.15, -0.1) is 10.2 Å². The Kier molecular flexibility index (Phi) is 5.00. The van der Waals surface area contributed by atoms with Gasteiger partial charge in [-0.25, -0.2) is 0 Å². The molecule has 0 aliphatic heterocycles. The van der Waals surface area contributed by atoms with Crippen LogP contribution >= 0.6 is 11.8 Å². The molecule has 0 amide bonds. The first-order valence-electron chi connectivity index (χ1n) is 7.50. The molecule has 6 nitrogen and oxygen atoms in total. The predicted octanol–water partition coefficient (Wildman–Crippen LogP) is 3.54. The van der Waals surface area contributed by atoms with Gasteiger partial charge in [0.1, 0.15) is 5.75 Å². The maximum Gasteiger partial charge on any atom is 0.200 e. The maximum absolute atomic E-state index is 12.4. The number of ketones is 1. The maximum atomic E-state index is 12.4. The summed E-state index contributed by atoms with van der Waals surface area (Å²) in [5.74, 6) is 2.30. The number of rotatable bonds is 7. The number of Topliss-reactive ketones (excluding diaryl/α,β-unsaturated/α-hetero) is 1. The number of carbonyl (C=O) groups excluding carboxylic acids is 1. The van der Waals surface area contributed by atoms with Gasteiger partial charge in [0.05, 0.1) is 19.1 Å². The second kappa shape index (κ2) is 7.35. The summed E-state index contributed by atoms with van der Waals surface area (Å²) < 4.78 is 12.5. The summed E-state index contributed by atoms with van der Waals surface area (Å²) >= 11 is 1.36. The van der Waals surface area contributed by atoms with Gasteiger partial charge in [-0.3, -0.25) is 9.36 Å². The van der Waals surface area contributed by atoms with Crippen LogP contribution in [0.25, 0.3) is 11.6 Å². The van der Waals surface area contributed by atoms with Gasteiger partial charge in [-0.1, -0.05) is 23.9 Å². The summed E-state index contributed by atoms with van der Waals surface area (Å²) in [5.41, 5.74) is 0.621. The van der Waals surface area contributed by atoms with Crippen LogP contribution in [-0.2, 0) is 6.54 Å². The number of benzene rings is 1. The number of carbonyl (C=O) groups is 1. The minimum absolute atomic E-state index is 0.0177. The molecule has 0 fully saturated rings. The zero-order chi connectivity index (χ0) is 16.9. The molecule has 0 radical (unpaired) electrons. The van der Waals surface area contributed by atoms with E-state index < -0.39 is 0 Å². The number of thioether (sulfide) groups is 1. The summed E-state index contributed by atoms with van der Waals surface area (Å²) in [7, 11) is 1.58. The van der Waals surface area contributed by atoms with Crippen molar-refractivity contribution in [3.8, 4) is 17.3 Å². The molecule has 7 heteroatoms. The van der Waals surface area contributed by atoms with E-state index in [-0.39, 0.29) is 11.5 Å². The van der Waals surface area contributed by atoms with E-state index in [0.29, 0.717) is 34.6 Å². The molecule has 0 aliphatic carbocycles. The van der Waals surface area contributed by atoms with Crippen molar-refractivity contribution in [1.29, 1.82) is 0 Å². The van der Waals surface area contributed by atoms with Crippen LogP contribution in [-0.4, -0.2) is 33.4 Å². The minimum Gasteiger partial charge on any atom is -0.497 e. The van der Waals surface area contributed by atoms with E-state index in [9.17, 15) is 4.79 Å². The molecule has 1 aromatic carbocycles. The number of hydrogen-bond acceptors (Lipinski definition) is 6. The van der Waals surface area contributed by atoms with Gasteiger partial charge in [0, 0.05) is 12.1 Å². The van der Waals surface area contributed by atoms with Crippen LogP contribution in [0.4, 0.5) is 0 Å². The molecular weight excluding hydrogens is 326 g/mol. The van der Waals surface area contributed by atoms with Gasteiger partial charge in [0.25, 0.3) is 0 Å². The van der Waals surface area contributed by atoms with Crippen LogP contribution in [0, 0.1) is 0 Å². The van der Waals surface area contributed by atoms with Crippen LogP contribution < -0.4 is 4.74 Å². The van der Waals surface area contributed by atoms with Gasteiger partial charge in [-0.05, 0) is 31.2 Å². The molecule has 0 unspecified atom stereocenters. The zero-order valence-electron chi connectivity index (χ0n) is 13.4. The average Bonchev–Trinajstić information content (AvgIpc) is 3.28. The van der Waals surface area contributed by atoms with Gasteiger partial charge in [0.15, 0.2) is 22.5 Å². The van der Waals surface area contributed by atoms with Gasteiger partial charge < -0.3 is 9.15 Å². The number of methoxy groups -OCH3 is 1. The molecule has 0 saturated carbocycles. The standard InChI is InChI=1S/C17H17N3O3S/c1-3-20-16(15-8-5-9-23-15)18-19-17(20)24-11-14(21)12-6-4-7-13(10-12)22-2/h4-10H,3,11H2,1-2H3. The van der Waals surface area contributed by atoms with E-state index in [1.54, 1.807) is 31.6 Å². The van der Waals surface area contributed by atoms with E-state index in [0.717, 1.165) is 0 Å². The van der Waals surface area contributed by atoms with Crippen molar-refractivity contribution in [2.75, 3.05) is 12.9 Å². The third kappa shape index (κ3) is 3.35. The highest BCUT2D eigenvalue weighted by Gasteiger charge is 2.16. The summed E-state index contributed by atoms with van der Waals surface area (Å²) in [5, 5.41) is 9.05. The van der Waals surface area contributed by atoms with Crippen LogP contribution in [0.3, 0.4) is 0 Å². The monoisotopic (exact) mass is 343 g/mol. The predicted molar refractivity (Wildman–Crippen MR) is 91.4 cm³/mol. The minimum atomic E-state index is 0.0177. The number of hydrogen-bond donors (Lipinski definition) is 0. The first-order valence-corrected chi connectivity index (χ1v) is 8.48. The molecular formula is C17H17N3O3S. The van der Waals surface area contributed by atoms with Crippen molar-refractivity contribution >= 4 is 17.5 Å². The van der Waals surface area contributed by atoms with Crippen LogP contribution in [0.15, 0.2) is 52.2 Å². The molecule has 0 saturated heterocycles. The Labute approximate surface area is 143 Å². The van der Waals surface area contributed by atoms with E-state index in [1.165, 1.54) is 11.8 Å². The Balaban J connectivity index is 1.73. The number of nitrogens with zero attached hydrogens (tertiary/aromatic N) is 3. The second-order valence-corrected chi connectivity index (χ2v) is 5.91. The SMILES string of the molecule is CCn1c(SCC(=O)c2cccc(OC)c2)nnc1-c1ccco1. The normalized spacial score (nSPS) is 10.8. The fourth-order valence-electron chi connectivity index (χ4n) is 2.28. The molecule has 0 aliphatic rings. The van der Waals surface area contributed by atoms with E-state index in [1.807, 2.05) is 29.7 Å². The number of furan rings is 1. The fraction of sp³-hybridized carbons (Fsp3) is 0.235. The van der Waals surface area contributed by atoms with Crippen molar-refractivity contribution in [1.82, 2.24) is 14.8 Å². The van der Waals surface area contributed by atoms with Gasteiger partial charge in [0.2, 0.25) is 0 Å². The topological polar surface area (TPSA) is 70.2 Å². The Bertz CT molecular complexity index is 827. The third-order valence-electron chi connectivity index (χ3n) is 3.50. The number of aromatic nitrogens is 3. The Morgan fingerprint density at radius 2 is 2.17 bits per heavy atom. The molecule has 3 aromatic rings. The molecule has 0 N–H and O–H groups in total. The molecule has 0 atom stereocenters.